The first-order valence-corrected chi connectivity index (χ1v) is 4.24. The van der Waals surface area contributed by atoms with Crippen molar-refractivity contribution in [2.45, 2.75) is 46.0 Å². The van der Waals surface area contributed by atoms with E-state index in [4.69, 9.17) is 0 Å². The fourth-order valence-electron chi connectivity index (χ4n) is 1.73. The van der Waals surface area contributed by atoms with E-state index in [1.807, 2.05) is 20.8 Å². The normalized spacial score (nSPS) is 36.5. The molecule has 1 rings (SSSR count). The minimum absolute atomic E-state index is 0.0810. The highest BCUT2D eigenvalue weighted by Gasteiger charge is 2.47. The molecule has 0 N–H and O–H groups in total. The Morgan fingerprint density at radius 3 is 1.91 bits per heavy atom. The van der Waals surface area contributed by atoms with Crippen molar-refractivity contribution < 1.29 is 8.78 Å². The van der Waals surface area contributed by atoms with Crippen LogP contribution in [0, 0.1) is 11.3 Å². The predicted molar refractivity (Wildman–Crippen MR) is 41.7 cm³/mol. The fourth-order valence-corrected chi connectivity index (χ4v) is 1.73. The molecule has 66 valence electrons. The molecule has 1 aliphatic rings. The number of halogens is 2. The summed E-state index contributed by atoms with van der Waals surface area (Å²) in [5.74, 6) is -2.02. The molecule has 0 aliphatic heterocycles. The number of hydrogen-bond acceptors (Lipinski definition) is 0. The van der Waals surface area contributed by atoms with E-state index in [-0.39, 0.29) is 18.3 Å². The van der Waals surface area contributed by atoms with Crippen LogP contribution in [0.15, 0.2) is 0 Å². The second-order valence-electron chi connectivity index (χ2n) is 4.34. The van der Waals surface area contributed by atoms with Gasteiger partial charge in [-0.3, -0.25) is 0 Å². The zero-order valence-electron chi connectivity index (χ0n) is 7.45. The molecule has 0 radical (unpaired) electrons. The molecule has 0 saturated heterocycles. The molecule has 1 aliphatic carbocycles. The van der Waals surface area contributed by atoms with Crippen LogP contribution in [0.4, 0.5) is 8.78 Å². The Morgan fingerprint density at radius 2 is 1.73 bits per heavy atom. The van der Waals surface area contributed by atoms with E-state index < -0.39 is 5.92 Å². The van der Waals surface area contributed by atoms with Gasteiger partial charge in [0.1, 0.15) is 0 Å². The number of rotatable bonds is 1. The monoisotopic (exact) mass is 162 g/mol. The van der Waals surface area contributed by atoms with Crippen LogP contribution < -0.4 is 0 Å². The van der Waals surface area contributed by atoms with E-state index in [0.29, 0.717) is 12.3 Å². The maximum Gasteiger partial charge on any atom is 0.248 e. The molecule has 2 heteroatoms. The van der Waals surface area contributed by atoms with Gasteiger partial charge in [-0.2, -0.15) is 0 Å². The third kappa shape index (κ3) is 1.71. The van der Waals surface area contributed by atoms with E-state index in [2.05, 4.69) is 0 Å². The zero-order valence-corrected chi connectivity index (χ0v) is 7.45. The van der Waals surface area contributed by atoms with Gasteiger partial charge in [0.05, 0.1) is 0 Å². The lowest BCUT2D eigenvalue weighted by molar-refractivity contribution is -0.00723. The lowest BCUT2D eigenvalue weighted by Crippen LogP contribution is -2.22. The zero-order chi connectivity index (χ0) is 8.70. The van der Waals surface area contributed by atoms with Crippen molar-refractivity contribution in [1.82, 2.24) is 0 Å². The maximum absolute atomic E-state index is 12.8. The van der Waals surface area contributed by atoms with Gasteiger partial charge in [0.25, 0.3) is 0 Å². The van der Waals surface area contributed by atoms with Gasteiger partial charge >= 0.3 is 0 Å². The molecule has 0 bridgehead atoms. The Balaban J connectivity index is 2.65. The van der Waals surface area contributed by atoms with Crippen molar-refractivity contribution >= 4 is 0 Å². The van der Waals surface area contributed by atoms with Crippen molar-refractivity contribution in [3.8, 4) is 0 Å². The van der Waals surface area contributed by atoms with Gasteiger partial charge in [-0.25, -0.2) is 8.78 Å². The first kappa shape index (κ1) is 8.95. The lowest BCUT2D eigenvalue weighted by Gasteiger charge is -2.28. The van der Waals surface area contributed by atoms with Crippen molar-refractivity contribution in [2.75, 3.05) is 0 Å². The highest BCUT2D eigenvalue weighted by molar-refractivity contribution is 4.91. The van der Waals surface area contributed by atoms with Gasteiger partial charge in [-0.05, 0) is 17.8 Å². The minimum atomic E-state index is -2.39. The topological polar surface area (TPSA) is 0 Å². The van der Waals surface area contributed by atoms with Crippen molar-refractivity contribution in [3.63, 3.8) is 0 Å². The largest absolute Gasteiger partial charge is 0.248 e. The summed E-state index contributed by atoms with van der Waals surface area (Å²) in [6, 6.07) is 0. The average molecular weight is 162 g/mol. The summed E-state index contributed by atoms with van der Waals surface area (Å²) in [5, 5.41) is 0. The summed E-state index contributed by atoms with van der Waals surface area (Å²) in [7, 11) is 0. The molecule has 0 nitrogen and oxygen atoms in total. The van der Waals surface area contributed by atoms with Gasteiger partial charge in [0, 0.05) is 12.8 Å². The van der Waals surface area contributed by atoms with E-state index in [1.165, 1.54) is 0 Å². The van der Waals surface area contributed by atoms with Crippen molar-refractivity contribution in [1.29, 1.82) is 0 Å². The molecule has 0 heterocycles. The Bertz CT molecular complexity index is 152. The van der Waals surface area contributed by atoms with Crippen LogP contribution in [0.1, 0.15) is 40.0 Å². The van der Waals surface area contributed by atoms with E-state index >= 15 is 0 Å². The molecule has 0 unspecified atom stereocenters. The van der Waals surface area contributed by atoms with Crippen LogP contribution in [-0.4, -0.2) is 5.92 Å². The summed E-state index contributed by atoms with van der Waals surface area (Å²) in [6.45, 7) is 6.03. The first-order chi connectivity index (χ1) is 4.86. The highest BCUT2D eigenvalue weighted by atomic mass is 19.3. The summed E-state index contributed by atoms with van der Waals surface area (Å²) in [6.07, 6.45) is 0.844. The molecule has 1 saturated carbocycles. The van der Waals surface area contributed by atoms with Gasteiger partial charge in [-0.15, -0.1) is 0 Å². The molecule has 0 spiro atoms. The Hall–Kier alpha value is -0.140. The summed E-state index contributed by atoms with van der Waals surface area (Å²) >= 11 is 0. The number of hydrogen-bond donors (Lipinski definition) is 0. The smallest absolute Gasteiger partial charge is 0.207 e. The van der Waals surface area contributed by atoms with Gasteiger partial charge in [0.15, 0.2) is 0 Å². The second kappa shape index (κ2) is 2.43. The molecule has 1 fully saturated rings. The molecular formula is C9H16F2. The Morgan fingerprint density at radius 1 is 1.18 bits per heavy atom. The lowest BCUT2D eigenvalue weighted by atomic mass is 9.78. The molecule has 11 heavy (non-hydrogen) atoms. The summed E-state index contributed by atoms with van der Waals surface area (Å²) < 4.78 is 25.6. The number of alkyl halides is 2. The first-order valence-electron chi connectivity index (χ1n) is 4.24. The highest BCUT2D eigenvalue weighted by Crippen LogP contribution is 2.50. The Kier molecular flexibility index (Phi) is 1.97. The SMILES string of the molecule is CC(C)[C@@]1(C)CCC(F)(F)C1. The molecule has 0 aromatic carbocycles. The van der Waals surface area contributed by atoms with Gasteiger partial charge in [0.2, 0.25) is 5.92 Å². The minimum Gasteiger partial charge on any atom is -0.207 e. The van der Waals surface area contributed by atoms with Crippen molar-refractivity contribution in [3.05, 3.63) is 0 Å². The molecule has 1 atom stereocenters. The van der Waals surface area contributed by atoms with Crippen molar-refractivity contribution in [2.24, 2.45) is 11.3 Å². The van der Waals surface area contributed by atoms with Gasteiger partial charge < -0.3 is 0 Å². The second-order valence-corrected chi connectivity index (χ2v) is 4.34. The summed E-state index contributed by atoms with van der Waals surface area (Å²) in [5.41, 5.74) is -0.122. The van der Waals surface area contributed by atoms with E-state index in [9.17, 15) is 8.78 Å². The van der Waals surface area contributed by atoms with E-state index in [0.717, 1.165) is 0 Å². The van der Waals surface area contributed by atoms with Gasteiger partial charge in [-0.1, -0.05) is 20.8 Å². The Labute approximate surface area is 67.0 Å². The fraction of sp³-hybridized carbons (Fsp3) is 1.00. The summed E-state index contributed by atoms with van der Waals surface area (Å²) in [4.78, 5) is 0. The van der Waals surface area contributed by atoms with Crippen LogP contribution >= 0.6 is 0 Å². The standard InChI is InChI=1S/C9H16F2/c1-7(2)8(3)4-5-9(10,11)6-8/h7H,4-6H2,1-3H3/t8-/m0/s1. The van der Waals surface area contributed by atoms with Crippen LogP contribution in [0.25, 0.3) is 0 Å². The van der Waals surface area contributed by atoms with Crippen LogP contribution in [0.3, 0.4) is 0 Å². The third-order valence-corrected chi connectivity index (χ3v) is 3.12. The third-order valence-electron chi connectivity index (χ3n) is 3.12. The van der Waals surface area contributed by atoms with Crippen LogP contribution in [0.2, 0.25) is 0 Å². The molecular weight excluding hydrogens is 146 g/mol. The average Bonchev–Trinajstić information content (AvgIpc) is 2.08. The maximum atomic E-state index is 12.8. The van der Waals surface area contributed by atoms with Crippen LogP contribution in [-0.2, 0) is 0 Å². The predicted octanol–water partition coefficient (Wildman–Crippen LogP) is 3.47. The quantitative estimate of drug-likeness (QED) is 0.553. The van der Waals surface area contributed by atoms with E-state index in [1.54, 1.807) is 0 Å². The van der Waals surface area contributed by atoms with Crippen LogP contribution in [0.5, 0.6) is 0 Å². The molecule has 0 aromatic rings. The molecule has 0 amide bonds. The molecule has 0 aromatic heterocycles.